The van der Waals surface area contributed by atoms with E-state index in [2.05, 4.69) is 20.9 Å². The molecule has 11 heavy (non-hydrogen) atoms. The van der Waals surface area contributed by atoms with Crippen LogP contribution in [-0.4, -0.2) is 4.98 Å². The molecule has 1 aromatic heterocycles. The van der Waals surface area contributed by atoms with Crippen LogP contribution in [0.2, 0.25) is 0 Å². The van der Waals surface area contributed by atoms with Gasteiger partial charge in [-0.05, 0) is 28.8 Å². The van der Waals surface area contributed by atoms with Crippen LogP contribution in [-0.2, 0) is 0 Å². The van der Waals surface area contributed by atoms with Crippen LogP contribution in [0.5, 0.6) is 0 Å². The molecule has 1 aliphatic carbocycles. The minimum Gasteiger partial charge on any atom is -0.434 e. The first-order valence-electron chi connectivity index (χ1n) is 3.97. The van der Waals surface area contributed by atoms with Crippen LogP contribution in [0, 0.1) is 0 Å². The molecule has 2 nitrogen and oxygen atoms in total. The van der Waals surface area contributed by atoms with Gasteiger partial charge in [-0.3, -0.25) is 0 Å². The molecule has 0 aliphatic heterocycles. The third kappa shape index (κ3) is 1.48. The summed E-state index contributed by atoms with van der Waals surface area (Å²) in [5, 5.41) is 0. The first-order valence-corrected chi connectivity index (χ1v) is 4.77. The Kier molecular flexibility index (Phi) is 1.98. The van der Waals surface area contributed by atoms with Crippen molar-refractivity contribution in [2.24, 2.45) is 0 Å². The molecular weight excluding hydrogens is 206 g/mol. The summed E-state index contributed by atoms with van der Waals surface area (Å²) in [4.78, 5) is 4.18. The van der Waals surface area contributed by atoms with Crippen LogP contribution < -0.4 is 0 Å². The molecule has 1 heterocycles. The molecule has 0 unspecified atom stereocenters. The Hall–Kier alpha value is -0.310. The summed E-state index contributed by atoms with van der Waals surface area (Å²) in [6, 6.07) is 0. The van der Waals surface area contributed by atoms with Crippen LogP contribution in [0.15, 0.2) is 15.3 Å². The second kappa shape index (κ2) is 2.97. The van der Waals surface area contributed by atoms with Crippen molar-refractivity contribution in [1.29, 1.82) is 0 Å². The molecule has 60 valence electrons. The van der Waals surface area contributed by atoms with E-state index in [1.165, 1.54) is 25.7 Å². The van der Waals surface area contributed by atoms with Gasteiger partial charge in [0.15, 0.2) is 10.6 Å². The summed E-state index contributed by atoms with van der Waals surface area (Å²) >= 11 is 3.25. The molecule has 2 rings (SSSR count). The zero-order chi connectivity index (χ0) is 7.68. The number of hydrogen-bond acceptors (Lipinski definition) is 2. The summed E-state index contributed by atoms with van der Waals surface area (Å²) < 4.78 is 6.12. The number of nitrogens with zero attached hydrogens (tertiary/aromatic N) is 1. The molecule has 0 radical (unpaired) electrons. The Morgan fingerprint density at radius 1 is 1.45 bits per heavy atom. The lowest BCUT2D eigenvalue weighted by Gasteiger charge is -2.00. The number of rotatable bonds is 1. The maximum Gasteiger partial charge on any atom is 0.198 e. The first kappa shape index (κ1) is 7.35. The van der Waals surface area contributed by atoms with Crippen molar-refractivity contribution in [2.45, 2.75) is 31.6 Å². The fourth-order valence-electron chi connectivity index (χ4n) is 1.63. The second-order valence-electron chi connectivity index (χ2n) is 2.98. The Balaban J connectivity index is 2.15. The monoisotopic (exact) mass is 215 g/mol. The van der Waals surface area contributed by atoms with Crippen molar-refractivity contribution in [3.05, 3.63) is 16.8 Å². The van der Waals surface area contributed by atoms with E-state index >= 15 is 0 Å². The SMILES string of the molecule is Brc1cnc(C2CCCC2)o1. The molecule has 1 fully saturated rings. The smallest absolute Gasteiger partial charge is 0.198 e. The summed E-state index contributed by atoms with van der Waals surface area (Å²) in [6.45, 7) is 0. The van der Waals surface area contributed by atoms with Gasteiger partial charge in [0.2, 0.25) is 0 Å². The number of oxazole rings is 1. The third-order valence-electron chi connectivity index (χ3n) is 2.20. The number of aromatic nitrogens is 1. The summed E-state index contributed by atoms with van der Waals surface area (Å²) in [5.41, 5.74) is 0. The van der Waals surface area contributed by atoms with E-state index < -0.39 is 0 Å². The average Bonchev–Trinajstić information content (AvgIpc) is 2.55. The predicted octanol–water partition coefficient (Wildman–Crippen LogP) is 3.09. The van der Waals surface area contributed by atoms with Gasteiger partial charge >= 0.3 is 0 Å². The van der Waals surface area contributed by atoms with Crippen molar-refractivity contribution in [3.8, 4) is 0 Å². The van der Waals surface area contributed by atoms with Crippen LogP contribution in [0.3, 0.4) is 0 Å². The topological polar surface area (TPSA) is 26.0 Å². The summed E-state index contributed by atoms with van der Waals surface area (Å²) in [6.07, 6.45) is 6.86. The molecule has 1 aromatic rings. The summed E-state index contributed by atoms with van der Waals surface area (Å²) in [7, 11) is 0. The highest BCUT2D eigenvalue weighted by Gasteiger charge is 2.21. The Morgan fingerprint density at radius 3 is 2.73 bits per heavy atom. The molecule has 0 N–H and O–H groups in total. The van der Waals surface area contributed by atoms with E-state index in [0.29, 0.717) is 5.92 Å². The maximum atomic E-state index is 5.37. The molecule has 3 heteroatoms. The molecule has 0 amide bonds. The van der Waals surface area contributed by atoms with Crippen molar-refractivity contribution in [1.82, 2.24) is 4.98 Å². The third-order valence-corrected chi connectivity index (χ3v) is 2.57. The first-order chi connectivity index (χ1) is 5.36. The molecule has 0 atom stereocenters. The molecule has 0 saturated heterocycles. The van der Waals surface area contributed by atoms with E-state index in [1.54, 1.807) is 6.20 Å². The minimum atomic E-state index is 0.585. The Bertz CT molecular complexity index is 240. The molecular formula is C8H10BrNO. The lowest BCUT2D eigenvalue weighted by Crippen LogP contribution is -1.90. The van der Waals surface area contributed by atoms with Gasteiger partial charge < -0.3 is 4.42 Å². The highest BCUT2D eigenvalue weighted by molar-refractivity contribution is 9.10. The van der Waals surface area contributed by atoms with Gasteiger partial charge in [0.05, 0.1) is 6.20 Å². The van der Waals surface area contributed by atoms with Crippen molar-refractivity contribution in [2.75, 3.05) is 0 Å². The second-order valence-corrected chi connectivity index (χ2v) is 3.77. The van der Waals surface area contributed by atoms with E-state index in [-0.39, 0.29) is 0 Å². The van der Waals surface area contributed by atoms with Gasteiger partial charge in [0, 0.05) is 5.92 Å². The minimum absolute atomic E-state index is 0.585. The molecule has 1 aliphatic rings. The van der Waals surface area contributed by atoms with Crippen molar-refractivity contribution < 1.29 is 4.42 Å². The van der Waals surface area contributed by atoms with Gasteiger partial charge in [-0.15, -0.1) is 0 Å². The molecule has 0 aromatic carbocycles. The fourth-order valence-corrected chi connectivity index (χ4v) is 1.90. The van der Waals surface area contributed by atoms with Crippen LogP contribution >= 0.6 is 15.9 Å². The largest absolute Gasteiger partial charge is 0.434 e. The zero-order valence-electron chi connectivity index (χ0n) is 6.22. The fraction of sp³-hybridized carbons (Fsp3) is 0.625. The van der Waals surface area contributed by atoms with Gasteiger partial charge in [0.25, 0.3) is 0 Å². The lowest BCUT2D eigenvalue weighted by molar-refractivity contribution is 0.433. The number of halogens is 1. The van der Waals surface area contributed by atoms with Crippen LogP contribution in [0.25, 0.3) is 0 Å². The highest BCUT2D eigenvalue weighted by Crippen LogP contribution is 2.34. The van der Waals surface area contributed by atoms with E-state index in [9.17, 15) is 0 Å². The average molecular weight is 216 g/mol. The van der Waals surface area contributed by atoms with Crippen LogP contribution in [0.4, 0.5) is 0 Å². The molecule has 0 spiro atoms. The van der Waals surface area contributed by atoms with Crippen LogP contribution in [0.1, 0.15) is 37.5 Å². The van der Waals surface area contributed by atoms with E-state index in [4.69, 9.17) is 4.42 Å². The maximum absolute atomic E-state index is 5.37. The normalized spacial score (nSPS) is 19.4. The van der Waals surface area contributed by atoms with Crippen molar-refractivity contribution >= 4 is 15.9 Å². The zero-order valence-corrected chi connectivity index (χ0v) is 7.80. The quantitative estimate of drug-likeness (QED) is 0.720. The van der Waals surface area contributed by atoms with Gasteiger partial charge in [-0.2, -0.15) is 0 Å². The van der Waals surface area contributed by atoms with Gasteiger partial charge in [-0.1, -0.05) is 12.8 Å². The standard InChI is InChI=1S/C8H10BrNO/c9-7-5-10-8(11-7)6-3-1-2-4-6/h5-6H,1-4H2. The lowest BCUT2D eigenvalue weighted by atomic mass is 10.1. The van der Waals surface area contributed by atoms with Gasteiger partial charge in [0.1, 0.15) is 0 Å². The Labute approximate surface area is 74.1 Å². The highest BCUT2D eigenvalue weighted by atomic mass is 79.9. The predicted molar refractivity (Wildman–Crippen MR) is 45.4 cm³/mol. The number of hydrogen-bond donors (Lipinski definition) is 0. The van der Waals surface area contributed by atoms with Crippen molar-refractivity contribution in [3.63, 3.8) is 0 Å². The van der Waals surface area contributed by atoms with E-state index in [0.717, 1.165) is 10.6 Å². The summed E-state index contributed by atoms with van der Waals surface area (Å²) in [5.74, 6) is 1.50. The van der Waals surface area contributed by atoms with Gasteiger partial charge in [-0.25, -0.2) is 4.98 Å². The molecule has 0 bridgehead atoms. The molecule has 1 saturated carbocycles. The Morgan fingerprint density at radius 2 is 2.18 bits per heavy atom. The van der Waals surface area contributed by atoms with E-state index in [1.807, 2.05) is 0 Å².